The van der Waals surface area contributed by atoms with Crippen molar-refractivity contribution in [3.63, 3.8) is 0 Å². The molecule has 5 nitrogen and oxygen atoms in total. The summed E-state index contributed by atoms with van der Waals surface area (Å²) in [4.78, 5) is 24.3. The molecule has 0 aliphatic heterocycles. The fourth-order valence-electron chi connectivity index (χ4n) is 2.48. The summed E-state index contributed by atoms with van der Waals surface area (Å²) in [5.41, 5.74) is 2.13. The summed E-state index contributed by atoms with van der Waals surface area (Å²) in [6.45, 7) is 6.15. The Morgan fingerprint density at radius 3 is 2.25 bits per heavy atom. The zero-order valence-corrected chi connectivity index (χ0v) is 16.3. The molecular formula is C23H23NO4. The third kappa shape index (κ3) is 5.82. The van der Waals surface area contributed by atoms with E-state index < -0.39 is 12.6 Å². The number of carbonyl (C=O) groups excluding carboxylic acids is 2. The van der Waals surface area contributed by atoms with E-state index in [0.29, 0.717) is 23.8 Å². The van der Waals surface area contributed by atoms with E-state index in [0.717, 1.165) is 5.56 Å². The van der Waals surface area contributed by atoms with Crippen LogP contribution in [-0.4, -0.2) is 25.0 Å². The zero-order valence-electron chi connectivity index (χ0n) is 16.3. The monoisotopic (exact) mass is 377 g/mol. The quantitative estimate of drug-likeness (QED) is 0.292. The first-order chi connectivity index (χ1) is 13.4. The number of nitriles is 1. The molecule has 0 spiro atoms. The van der Waals surface area contributed by atoms with Gasteiger partial charge in [0.2, 0.25) is 0 Å². The maximum Gasteiger partial charge on any atom is 0.349 e. The minimum absolute atomic E-state index is 0.156. The molecule has 0 amide bonds. The van der Waals surface area contributed by atoms with Crippen molar-refractivity contribution in [2.24, 2.45) is 0 Å². The Kier molecular flexibility index (Phi) is 7.53. The smallest absolute Gasteiger partial charge is 0.349 e. The van der Waals surface area contributed by atoms with Crippen LogP contribution in [0.1, 0.15) is 48.2 Å². The summed E-state index contributed by atoms with van der Waals surface area (Å²) >= 11 is 0. The van der Waals surface area contributed by atoms with Crippen molar-refractivity contribution in [3.05, 3.63) is 70.8 Å². The molecule has 0 N–H and O–H groups in total. The Balaban J connectivity index is 1.99. The molecule has 0 unspecified atom stereocenters. The van der Waals surface area contributed by atoms with Gasteiger partial charge in [0.1, 0.15) is 17.4 Å². The summed E-state index contributed by atoms with van der Waals surface area (Å²) in [5.74, 6) is -0.119. The van der Waals surface area contributed by atoms with Crippen LogP contribution >= 0.6 is 0 Å². The van der Waals surface area contributed by atoms with Gasteiger partial charge in [-0.05, 0) is 54.3 Å². The van der Waals surface area contributed by atoms with Crippen molar-refractivity contribution in [1.82, 2.24) is 0 Å². The Morgan fingerprint density at radius 1 is 1.07 bits per heavy atom. The van der Waals surface area contributed by atoms with Gasteiger partial charge in [-0.2, -0.15) is 5.26 Å². The average molecular weight is 377 g/mol. The van der Waals surface area contributed by atoms with Crippen LogP contribution in [-0.2, 0) is 9.53 Å². The second kappa shape index (κ2) is 10.1. The van der Waals surface area contributed by atoms with Crippen LogP contribution in [0.2, 0.25) is 0 Å². The molecule has 144 valence electrons. The molecule has 0 aromatic heterocycles. The minimum atomic E-state index is -0.824. The lowest BCUT2D eigenvalue weighted by Gasteiger charge is -2.06. The molecule has 28 heavy (non-hydrogen) atoms. The Bertz CT molecular complexity index is 888. The van der Waals surface area contributed by atoms with Gasteiger partial charge < -0.3 is 9.47 Å². The lowest BCUT2D eigenvalue weighted by atomic mass is 10.0. The number of carbonyl (C=O) groups is 2. The van der Waals surface area contributed by atoms with Gasteiger partial charge in [-0.15, -0.1) is 0 Å². The highest BCUT2D eigenvalue weighted by Gasteiger charge is 2.14. The zero-order chi connectivity index (χ0) is 20.5. The van der Waals surface area contributed by atoms with Crippen LogP contribution in [0.15, 0.2) is 54.1 Å². The molecular weight excluding hydrogens is 354 g/mol. The first kappa shape index (κ1) is 20.9. The molecule has 2 rings (SSSR count). The highest BCUT2D eigenvalue weighted by atomic mass is 16.5. The van der Waals surface area contributed by atoms with Crippen LogP contribution in [0.5, 0.6) is 5.75 Å². The molecule has 2 aromatic rings. The predicted molar refractivity (Wildman–Crippen MR) is 107 cm³/mol. The summed E-state index contributed by atoms with van der Waals surface area (Å²) in [5, 5.41) is 9.25. The van der Waals surface area contributed by atoms with E-state index >= 15 is 0 Å². The maximum atomic E-state index is 12.2. The normalized spacial score (nSPS) is 11.0. The number of esters is 1. The van der Waals surface area contributed by atoms with Crippen LogP contribution in [0.3, 0.4) is 0 Å². The van der Waals surface area contributed by atoms with Gasteiger partial charge >= 0.3 is 5.97 Å². The van der Waals surface area contributed by atoms with Gasteiger partial charge in [-0.25, -0.2) is 4.79 Å². The number of hydrogen-bond acceptors (Lipinski definition) is 5. The van der Waals surface area contributed by atoms with Crippen LogP contribution in [0.4, 0.5) is 0 Å². The first-order valence-electron chi connectivity index (χ1n) is 9.09. The largest absolute Gasteiger partial charge is 0.494 e. The van der Waals surface area contributed by atoms with Gasteiger partial charge in [-0.1, -0.05) is 38.1 Å². The van der Waals surface area contributed by atoms with Gasteiger partial charge in [0.15, 0.2) is 12.4 Å². The minimum Gasteiger partial charge on any atom is -0.494 e. The number of ketones is 1. The molecule has 0 radical (unpaired) electrons. The topological polar surface area (TPSA) is 76.4 Å². The molecule has 0 atom stereocenters. The molecule has 0 saturated heterocycles. The number of hydrogen-bond donors (Lipinski definition) is 0. The first-order valence-corrected chi connectivity index (χ1v) is 9.09. The molecule has 0 bridgehead atoms. The Morgan fingerprint density at radius 2 is 1.71 bits per heavy atom. The third-order valence-electron chi connectivity index (χ3n) is 4.08. The van der Waals surface area contributed by atoms with E-state index in [1.807, 2.05) is 37.3 Å². The van der Waals surface area contributed by atoms with Gasteiger partial charge in [-0.3, -0.25) is 4.79 Å². The summed E-state index contributed by atoms with van der Waals surface area (Å²) in [6.07, 6.45) is 1.45. The Labute approximate surface area is 165 Å². The molecule has 2 aromatic carbocycles. The number of benzene rings is 2. The number of Topliss-reactive ketones (excluding diaryl/α,β-unsaturated/α-hetero) is 1. The summed E-state index contributed by atoms with van der Waals surface area (Å²) in [7, 11) is 0. The van der Waals surface area contributed by atoms with Gasteiger partial charge in [0, 0.05) is 5.56 Å². The summed E-state index contributed by atoms with van der Waals surface area (Å²) in [6, 6.07) is 16.0. The van der Waals surface area contributed by atoms with E-state index in [1.54, 1.807) is 24.3 Å². The van der Waals surface area contributed by atoms with Gasteiger partial charge in [0.25, 0.3) is 0 Å². The lowest BCUT2D eigenvalue weighted by molar-refractivity contribution is -0.137. The predicted octanol–water partition coefficient (Wildman–Crippen LogP) is 4.54. The van der Waals surface area contributed by atoms with E-state index in [9.17, 15) is 14.9 Å². The third-order valence-corrected chi connectivity index (χ3v) is 4.08. The molecule has 0 saturated carbocycles. The number of nitrogens with zero attached hydrogens (tertiary/aromatic N) is 1. The van der Waals surface area contributed by atoms with Crippen LogP contribution < -0.4 is 4.74 Å². The van der Waals surface area contributed by atoms with E-state index in [1.165, 1.54) is 11.6 Å². The van der Waals surface area contributed by atoms with Crippen molar-refractivity contribution in [1.29, 1.82) is 5.26 Å². The van der Waals surface area contributed by atoms with Gasteiger partial charge in [0.05, 0.1) is 6.61 Å². The van der Waals surface area contributed by atoms with Crippen molar-refractivity contribution < 1.29 is 19.1 Å². The van der Waals surface area contributed by atoms with E-state index in [4.69, 9.17) is 9.47 Å². The maximum absolute atomic E-state index is 12.2. The molecule has 0 heterocycles. The fourth-order valence-corrected chi connectivity index (χ4v) is 2.48. The number of rotatable bonds is 8. The fraction of sp³-hybridized carbons (Fsp3) is 0.261. The van der Waals surface area contributed by atoms with Crippen molar-refractivity contribution in [3.8, 4) is 11.8 Å². The summed E-state index contributed by atoms with van der Waals surface area (Å²) < 4.78 is 10.3. The highest BCUT2D eigenvalue weighted by Crippen LogP contribution is 2.17. The highest BCUT2D eigenvalue weighted by molar-refractivity contribution is 6.01. The molecule has 5 heteroatoms. The average Bonchev–Trinajstić information content (AvgIpc) is 2.71. The van der Waals surface area contributed by atoms with Crippen molar-refractivity contribution in [2.45, 2.75) is 26.7 Å². The second-order valence-corrected chi connectivity index (χ2v) is 6.45. The van der Waals surface area contributed by atoms with E-state index in [-0.39, 0.29) is 11.4 Å². The Hall–Kier alpha value is -3.39. The molecule has 0 aliphatic carbocycles. The SMILES string of the molecule is CCOc1ccc(C(=O)COC(=O)/C(C#N)=C/c2ccc(C(C)C)cc2)cc1. The van der Waals surface area contributed by atoms with E-state index in [2.05, 4.69) is 13.8 Å². The number of ether oxygens (including phenoxy) is 2. The van der Waals surface area contributed by atoms with Crippen molar-refractivity contribution >= 4 is 17.8 Å². The molecule has 0 aliphatic rings. The molecule has 0 fully saturated rings. The standard InChI is InChI=1S/C23H23NO4/c1-4-27-21-11-9-19(10-12-21)22(25)15-28-23(26)20(14-24)13-17-5-7-18(8-6-17)16(2)3/h5-13,16H,4,15H2,1-3H3/b20-13+. The van der Waals surface area contributed by atoms with Crippen molar-refractivity contribution in [2.75, 3.05) is 13.2 Å². The van der Waals surface area contributed by atoms with Crippen LogP contribution in [0.25, 0.3) is 6.08 Å². The second-order valence-electron chi connectivity index (χ2n) is 6.45. The van der Waals surface area contributed by atoms with Crippen LogP contribution in [0, 0.1) is 11.3 Å². The lowest BCUT2D eigenvalue weighted by Crippen LogP contribution is -2.15.